The van der Waals surface area contributed by atoms with E-state index < -0.39 is 0 Å². The topological polar surface area (TPSA) is 122 Å². The minimum Gasteiger partial charge on any atom is -0.465 e. The zero-order valence-corrected chi connectivity index (χ0v) is 25.1. The lowest BCUT2D eigenvalue weighted by Gasteiger charge is -2.05. The first-order chi connectivity index (χ1) is 21.9. The standard InChI is InChI=1S/C18H17N3O2.C17H14N2O3/c1-21-16(19-20-17(21)14-6-4-3-5-7-14)12-13-8-10-15(11-9-13)18(22)23-2;1-21-17(20)14-9-7-12(8-10-14)11-15-18-19-16(22-15)13-5-3-2-4-6-13/h3-11H,12H2,1-2H3;2-10H,11H2,1H3. The third kappa shape index (κ3) is 7.74. The van der Waals surface area contributed by atoms with E-state index >= 15 is 0 Å². The molecule has 0 radical (unpaired) electrons. The van der Waals surface area contributed by atoms with Crippen molar-refractivity contribution in [2.45, 2.75) is 12.8 Å². The molecular formula is C35H31N5O5. The van der Waals surface area contributed by atoms with Gasteiger partial charge in [0.15, 0.2) is 5.82 Å². The Bertz CT molecular complexity index is 1850. The maximum atomic E-state index is 11.4. The Kier molecular flexibility index (Phi) is 9.86. The zero-order valence-electron chi connectivity index (χ0n) is 25.1. The van der Waals surface area contributed by atoms with E-state index in [1.807, 2.05) is 96.5 Å². The van der Waals surface area contributed by atoms with Crippen LogP contribution in [0.1, 0.15) is 43.6 Å². The van der Waals surface area contributed by atoms with E-state index in [9.17, 15) is 9.59 Å². The summed E-state index contributed by atoms with van der Waals surface area (Å²) >= 11 is 0. The average Bonchev–Trinajstić information content (AvgIpc) is 3.72. The second-order valence-corrected chi connectivity index (χ2v) is 9.96. The molecule has 226 valence electrons. The Morgan fingerprint density at radius 2 is 1.13 bits per heavy atom. The fraction of sp³-hybridized carbons (Fsp3) is 0.143. The van der Waals surface area contributed by atoms with Gasteiger partial charge in [-0.3, -0.25) is 0 Å². The number of rotatable bonds is 8. The predicted molar refractivity (Wildman–Crippen MR) is 167 cm³/mol. The van der Waals surface area contributed by atoms with Gasteiger partial charge in [0, 0.05) is 24.6 Å². The normalized spacial score (nSPS) is 10.5. The van der Waals surface area contributed by atoms with Gasteiger partial charge < -0.3 is 18.5 Å². The van der Waals surface area contributed by atoms with Crippen LogP contribution in [-0.2, 0) is 29.4 Å². The number of esters is 2. The minimum atomic E-state index is -0.351. The fourth-order valence-electron chi connectivity index (χ4n) is 4.49. The number of benzene rings is 4. The van der Waals surface area contributed by atoms with Crippen LogP contribution in [0.5, 0.6) is 0 Å². The summed E-state index contributed by atoms with van der Waals surface area (Å²) in [5.74, 6) is 2.06. The number of aromatic nitrogens is 5. The second-order valence-electron chi connectivity index (χ2n) is 9.96. The molecule has 10 heteroatoms. The summed E-state index contributed by atoms with van der Waals surface area (Å²) in [6.45, 7) is 0. The Labute approximate surface area is 260 Å². The first-order valence-electron chi connectivity index (χ1n) is 14.1. The molecule has 10 nitrogen and oxygen atoms in total. The molecule has 0 fully saturated rings. The Morgan fingerprint density at radius 3 is 1.67 bits per heavy atom. The van der Waals surface area contributed by atoms with Gasteiger partial charge in [0.25, 0.3) is 0 Å². The van der Waals surface area contributed by atoms with Gasteiger partial charge >= 0.3 is 11.9 Å². The second kappa shape index (κ2) is 14.5. The van der Waals surface area contributed by atoms with Crippen molar-refractivity contribution in [3.8, 4) is 22.8 Å². The summed E-state index contributed by atoms with van der Waals surface area (Å²) in [6.07, 6.45) is 1.17. The van der Waals surface area contributed by atoms with E-state index in [1.165, 1.54) is 14.2 Å². The molecule has 0 spiro atoms. The average molecular weight is 602 g/mol. The quantitative estimate of drug-likeness (QED) is 0.194. The van der Waals surface area contributed by atoms with Gasteiger partial charge in [-0.05, 0) is 47.5 Å². The van der Waals surface area contributed by atoms with Gasteiger partial charge in [0.1, 0.15) is 5.82 Å². The predicted octanol–water partition coefficient (Wildman–Crippen LogP) is 5.97. The highest BCUT2D eigenvalue weighted by Crippen LogP contribution is 2.20. The molecule has 0 unspecified atom stereocenters. The molecule has 45 heavy (non-hydrogen) atoms. The number of carbonyl (C=O) groups is 2. The third-order valence-electron chi connectivity index (χ3n) is 6.95. The molecule has 6 rings (SSSR count). The molecule has 6 aromatic rings. The van der Waals surface area contributed by atoms with Crippen molar-refractivity contribution < 1.29 is 23.5 Å². The highest BCUT2D eigenvalue weighted by atomic mass is 16.5. The van der Waals surface area contributed by atoms with Gasteiger partial charge in [-0.15, -0.1) is 20.4 Å². The molecule has 0 N–H and O–H groups in total. The van der Waals surface area contributed by atoms with Gasteiger partial charge in [-0.25, -0.2) is 9.59 Å². The molecule has 0 saturated carbocycles. The van der Waals surface area contributed by atoms with Crippen LogP contribution < -0.4 is 0 Å². The number of ether oxygens (including phenoxy) is 2. The molecular weight excluding hydrogens is 570 g/mol. The lowest BCUT2D eigenvalue weighted by Crippen LogP contribution is -2.03. The van der Waals surface area contributed by atoms with Crippen LogP contribution in [0.3, 0.4) is 0 Å². The summed E-state index contributed by atoms with van der Waals surface area (Å²) in [5, 5.41) is 16.7. The lowest BCUT2D eigenvalue weighted by atomic mass is 10.1. The van der Waals surface area contributed by atoms with Gasteiger partial charge in [0.2, 0.25) is 11.8 Å². The molecule has 0 bridgehead atoms. The number of hydrogen-bond acceptors (Lipinski definition) is 9. The van der Waals surface area contributed by atoms with Crippen LogP contribution in [0, 0.1) is 0 Å². The van der Waals surface area contributed by atoms with E-state index in [4.69, 9.17) is 9.15 Å². The van der Waals surface area contributed by atoms with E-state index in [0.717, 1.165) is 33.9 Å². The minimum absolute atomic E-state index is 0.332. The maximum absolute atomic E-state index is 11.4. The number of methoxy groups -OCH3 is 2. The molecule has 0 atom stereocenters. The first-order valence-corrected chi connectivity index (χ1v) is 14.1. The van der Waals surface area contributed by atoms with Crippen LogP contribution >= 0.6 is 0 Å². The van der Waals surface area contributed by atoms with Crippen molar-refractivity contribution in [2.24, 2.45) is 7.05 Å². The monoisotopic (exact) mass is 601 g/mol. The molecule has 2 heterocycles. The molecule has 0 saturated heterocycles. The Balaban J connectivity index is 0.000000178. The van der Waals surface area contributed by atoms with Crippen LogP contribution in [0.15, 0.2) is 114 Å². The van der Waals surface area contributed by atoms with Gasteiger partial charge in [-0.2, -0.15) is 0 Å². The molecule has 2 aromatic heterocycles. The van der Waals surface area contributed by atoms with Crippen molar-refractivity contribution in [1.82, 2.24) is 25.0 Å². The number of carbonyl (C=O) groups excluding carboxylic acids is 2. The first kappa shape index (κ1) is 30.6. The molecule has 0 aliphatic heterocycles. The van der Waals surface area contributed by atoms with Gasteiger partial charge in [-0.1, -0.05) is 72.8 Å². The molecule has 0 amide bonds. The lowest BCUT2D eigenvalue weighted by molar-refractivity contribution is 0.0592. The summed E-state index contributed by atoms with van der Waals surface area (Å²) in [5.41, 5.74) is 5.03. The summed E-state index contributed by atoms with van der Waals surface area (Å²) < 4.78 is 17.0. The van der Waals surface area contributed by atoms with Crippen LogP contribution in [0.2, 0.25) is 0 Å². The van der Waals surface area contributed by atoms with E-state index in [-0.39, 0.29) is 11.9 Å². The van der Waals surface area contributed by atoms with Crippen LogP contribution in [0.4, 0.5) is 0 Å². The molecule has 4 aromatic carbocycles. The summed E-state index contributed by atoms with van der Waals surface area (Å²) in [6, 6.07) is 34.0. The van der Waals surface area contributed by atoms with E-state index in [2.05, 4.69) is 25.1 Å². The van der Waals surface area contributed by atoms with E-state index in [1.54, 1.807) is 24.3 Å². The van der Waals surface area contributed by atoms with Crippen molar-refractivity contribution in [3.05, 3.63) is 143 Å². The van der Waals surface area contributed by atoms with Crippen molar-refractivity contribution in [2.75, 3.05) is 14.2 Å². The Morgan fingerprint density at radius 1 is 0.622 bits per heavy atom. The van der Waals surface area contributed by atoms with E-state index in [0.29, 0.717) is 35.7 Å². The number of nitrogens with zero attached hydrogens (tertiary/aromatic N) is 5. The highest BCUT2D eigenvalue weighted by Gasteiger charge is 2.12. The van der Waals surface area contributed by atoms with Crippen molar-refractivity contribution in [3.63, 3.8) is 0 Å². The summed E-state index contributed by atoms with van der Waals surface area (Å²) in [4.78, 5) is 22.8. The van der Waals surface area contributed by atoms with Gasteiger partial charge in [0.05, 0.1) is 31.8 Å². The SMILES string of the molecule is COC(=O)c1ccc(Cc2nnc(-c3ccccc3)n2C)cc1.COC(=O)c1ccc(Cc2nnc(-c3ccccc3)o2)cc1. The van der Waals surface area contributed by atoms with Crippen LogP contribution in [0.25, 0.3) is 22.8 Å². The Hall–Kier alpha value is -5.90. The number of hydrogen-bond donors (Lipinski definition) is 0. The summed E-state index contributed by atoms with van der Waals surface area (Å²) in [7, 11) is 4.70. The fourth-order valence-corrected chi connectivity index (χ4v) is 4.49. The maximum Gasteiger partial charge on any atom is 0.337 e. The smallest absolute Gasteiger partial charge is 0.337 e. The molecule has 0 aliphatic carbocycles. The largest absolute Gasteiger partial charge is 0.465 e. The third-order valence-corrected chi connectivity index (χ3v) is 6.95. The molecule has 0 aliphatic rings. The zero-order chi connectivity index (χ0) is 31.6. The van der Waals surface area contributed by atoms with Crippen molar-refractivity contribution in [1.29, 1.82) is 0 Å². The highest BCUT2D eigenvalue weighted by molar-refractivity contribution is 5.89. The van der Waals surface area contributed by atoms with Crippen LogP contribution in [-0.4, -0.2) is 51.1 Å². The van der Waals surface area contributed by atoms with Crippen molar-refractivity contribution >= 4 is 11.9 Å².